The van der Waals surface area contributed by atoms with E-state index in [-0.39, 0.29) is 12.5 Å². The summed E-state index contributed by atoms with van der Waals surface area (Å²) in [5, 5.41) is 7.31. The van der Waals surface area contributed by atoms with Gasteiger partial charge in [0, 0.05) is 17.0 Å². The Bertz CT molecular complexity index is 638. The molecule has 0 unspecified atom stereocenters. The summed E-state index contributed by atoms with van der Waals surface area (Å²) in [5.74, 6) is 1.13. The number of rotatable bonds is 5. The molecule has 5 nitrogen and oxygen atoms in total. The molecule has 112 valence electrons. The molecule has 0 bridgehead atoms. The third-order valence-electron chi connectivity index (χ3n) is 2.93. The predicted molar refractivity (Wildman–Crippen MR) is 80.8 cm³/mol. The third kappa shape index (κ3) is 4.29. The van der Waals surface area contributed by atoms with Crippen LogP contribution >= 0.6 is 11.6 Å². The molecule has 21 heavy (non-hydrogen) atoms. The number of nitrogens with one attached hydrogen (secondary N) is 1. The molecule has 0 saturated heterocycles. The molecular weight excluding hydrogens is 290 g/mol. The van der Waals surface area contributed by atoms with Crippen LogP contribution in [0.3, 0.4) is 0 Å². The van der Waals surface area contributed by atoms with Crippen molar-refractivity contribution in [2.45, 2.75) is 33.7 Å². The van der Waals surface area contributed by atoms with Crippen LogP contribution < -0.4 is 5.32 Å². The Balaban J connectivity index is 2.01. The smallest absolute Gasteiger partial charge is 0.246 e. The molecule has 0 radical (unpaired) electrons. The SMILES string of the molecule is Cc1ccc(-c2noc(CNC(=O)CC(C)C)n2)cc1Cl. The first-order valence-electron chi connectivity index (χ1n) is 6.81. The normalized spacial score (nSPS) is 10.9. The number of aryl methyl sites for hydroxylation is 1. The molecule has 0 aliphatic heterocycles. The summed E-state index contributed by atoms with van der Waals surface area (Å²) in [6, 6.07) is 5.58. The quantitative estimate of drug-likeness (QED) is 0.919. The Morgan fingerprint density at radius 2 is 2.19 bits per heavy atom. The number of hydrogen-bond acceptors (Lipinski definition) is 4. The first-order valence-corrected chi connectivity index (χ1v) is 7.19. The lowest BCUT2D eigenvalue weighted by Gasteiger charge is -2.04. The number of halogens is 1. The minimum Gasteiger partial charge on any atom is -0.347 e. The molecule has 2 aromatic rings. The van der Waals surface area contributed by atoms with Crippen LogP contribution in [0.1, 0.15) is 31.7 Å². The fraction of sp³-hybridized carbons (Fsp3) is 0.400. The van der Waals surface area contributed by atoms with Crippen LogP contribution in [-0.2, 0) is 11.3 Å². The Morgan fingerprint density at radius 3 is 2.86 bits per heavy atom. The minimum absolute atomic E-state index is 0.0249. The van der Waals surface area contributed by atoms with E-state index in [0.717, 1.165) is 11.1 Å². The van der Waals surface area contributed by atoms with Gasteiger partial charge >= 0.3 is 0 Å². The molecule has 0 aliphatic carbocycles. The highest BCUT2D eigenvalue weighted by atomic mass is 35.5. The maximum Gasteiger partial charge on any atom is 0.246 e. The highest BCUT2D eigenvalue weighted by Crippen LogP contribution is 2.23. The molecule has 1 amide bonds. The zero-order valence-corrected chi connectivity index (χ0v) is 13.1. The zero-order valence-electron chi connectivity index (χ0n) is 12.3. The van der Waals surface area contributed by atoms with Crippen molar-refractivity contribution in [2.75, 3.05) is 0 Å². The summed E-state index contributed by atoms with van der Waals surface area (Å²) in [7, 11) is 0. The number of nitrogens with zero attached hydrogens (tertiary/aromatic N) is 2. The zero-order chi connectivity index (χ0) is 15.4. The van der Waals surface area contributed by atoms with Gasteiger partial charge in [0.15, 0.2) is 0 Å². The Kier molecular flexibility index (Phi) is 4.96. The maximum atomic E-state index is 11.6. The van der Waals surface area contributed by atoms with Gasteiger partial charge in [-0.25, -0.2) is 0 Å². The highest BCUT2D eigenvalue weighted by Gasteiger charge is 2.11. The number of carbonyl (C=O) groups excluding carboxylic acids is 1. The summed E-state index contributed by atoms with van der Waals surface area (Å²) >= 11 is 6.08. The molecule has 1 N–H and O–H groups in total. The van der Waals surface area contributed by atoms with Gasteiger partial charge in [0.1, 0.15) is 0 Å². The maximum absolute atomic E-state index is 11.6. The first-order chi connectivity index (χ1) is 9.95. The molecule has 1 aromatic heterocycles. The summed E-state index contributed by atoms with van der Waals surface area (Å²) in [6.07, 6.45) is 0.481. The van der Waals surface area contributed by atoms with E-state index in [2.05, 4.69) is 15.5 Å². The van der Waals surface area contributed by atoms with Gasteiger partial charge in [0.2, 0.25) is 17.6 Å². The van der Waals surface area contributed by atoms with Crippen LogP contribution in [0, 0.1) is 12.8 Å². The van der Waals surface area contributed by atoms with E-state index in [1.54, 1.807) is 6.07 Å². The number of carbonyl (C=O) groups is 1. The molecule has 0 spiro atoms. The molecule has 0 atom stereocenters. The van der Waals surface area contributed by atoms with Crippen LogP contribution in [0.4, 0.5) is 0 Å². The van der Waals surface area contributed by atoms with E-state index in [1.165, 1.54) is 0 Å². The van der Waals surface area contributed by atoms with E-state index < -0.39 is 0 Å². The topological polar surface area (TPSA) is 68.0 Å². The number of aromatic nitrogens is 2. The Labute approximate surface area is 128 Å². The predicted octanol–water partition coefficient (Wildman–Crippen LogP) is 3.36. The monoisotopic (exact) mass is 307 g/mol. The van der Waals surface area contributed by atoms with Crippen LogP contribution in [0.15, 0.2) is 22.7 Å². The number of benzene rings is 1. The van der Waals surface area contributed by atoms with Crippen molar-refractivity contribution < 1.29 is 9.32 Å². The standard InChI is InChI=1S/C15H18ClN3O2/c1-9(2)6-13(20)17-8-14-18-15(19-21-14)11-5-4-10(3)12(16)7-11/h4-5,7,9H,6,8H2,1-3H3,(H,17,20). The van der Waals surface area contributed by atoms with Crippen LogP contribution in [-0.4, -0.2) is 16.0 Å². The van der Waals surface area contributed by atoms with Gasteiger partial charge in [-0.15, -0.1) is 0 Å². The Hall–Kier alpha value is -1.88. The van der Waals surface area contributed by atoms with Gasteiger partial charge in [0.25, 0.3) is 0 Å². The number of hydrogen-bond donors (Lipinski definition) is 1. The molecule has 2 rings (SSSR count). The lowest BCUT2D eigenvalue weighted by Crippen LogP contribution is -2.24. The molecular formula is C15H18ClN3O2. The van der Waals surface area contributed by atoms with Crippen molar-refractivity contribution in [2.24, 2.45) is 5.92 Å². The second-order valence-electron chi connectivity index (χ2n) is 5.35. The molecule has 1 heterocycles. The fourth-order valence-electron chi connectivity index (χ4n) is 1.79. The second-order valence-corrected chi connectivity index (χ2v) is 5.76. The van der Waals surface area contributed by atoms with Gasteiger partial charge in [-0.2, -0.15) is 4.98 Å². The molecule has 0 aliphatic rings. The lowest BCUT2D eigenvalue weighted by atomic mass is 10.1. The van der Waals surface area contributed by atoms with Crippen molar-refractivity contribution in [1.82, 2.24) is 15.5 Å². The van der Waals surface area contributed by atoms with Crippen molar-refractivity contribution in [1.29, 1.82) is 0 Å². The average molecular weight is 308 g/mol. The van der Waals surface area contributed by atoms with Gasteiger partial charge < -0.3 is 9.84 Å². The Morgan fingerprint density at radius 1 is 1.43 bits per heavy atom. The van der Waals surface area contributed by atoms with Crippen molar-refractivity contribution in [3.63, 3.8) is 0 Å². The molecule has 0 saturated carbocycles. The highest BCUT2D eigenvalue weighted by molar-refractivity contribution is 6.31. The summed E-state index contributed by atoms with van der Waals surface area (Å²) < 4.78 is 5.13. The van der Waals surface area contributed by atoms with Crippen molar-refractivity contribution in [3.8, 4) is 11.4 Å². The van der Waals surface area contributed by atoms with Crippen molar-refractivity contribution in [3.05, 3.63) is 34.7 Å². The van der Waals surface area contributed by atoms with Gasteiger partial charge in [-0.3, -0.25) is 4.79 Å². The van der Waals surface area contributed by atoms with Crippen molar-refractivity contribution >= 4 is 17.5 Å². The summed E-state index contributed by atoms with van der Waals surface area (Å²) in [4.78, 5) is 15.8. The van der Waals surface area contributed by atoms with Gasteiger partial charge in [-0.1, -0.05) is 42.7 Å². The molecule has 0 fully saturated rings. The van der Waals surface area contributed by atoms with E-state index in [1.807, 2.05) is 32.9 Å². The third-order valence-corrected chi connectivity index (χ3v) is 3.34. The molecule has 1 aromatic carbocycles. The summed E-state index contributed by atoms with van der Waals surface area (Å²) in [6.45, 7) is 6.15. The van der Waals surface area contributed by atoms with E-state index in [9.17, 15) is 4.79 Å². The largest absolute Gasteiger partial charge is 0.347 e. The minimum atomic E-state index is -0.0249. The second kappa shape index (κ2) is 6.72. The van der Waals surface area contributed by atoms with Crippen LogP contribution in [0.25, 0.3) is 11.4 Å². The van der Waals surface area contributed by atoms with E-state index in [4.69, 9.17) is 16.1 Å². The average Bonchev–Trinajstić information content (AvgIpc) is 2.88. The van der Waals surface area contributed by atoms with E-state index in [0.29, 0.717) is 29.1 Å². The van der Waals surface area contributed by atoms with Crippen LogP contribution in [0.2, 0.25) is 5.02 Å². The van der Waals surface area contributed by atoms with Gasteiger partial charge in [0.05, 0.1) is 6.54 Å². The summed E-state index contributed by atoms with van der Waals surface area (Å²) in [5.41, 5.74) is 1.78. The fourth-order valence-corrected chi connectivity index (χ4v) is 1.97. The molecule has 6 heteroatoms. The van der Waals surface area contributed by atoms with E-state index >= 15 is 0 Å². The lowest BCUT2D eigenvalue weighted by molar-refractivity contribution is -0.122. The van der Waals surface area contributed by atoms with Gasteiger partial charge in [-0.05, 0) is 24.5 Å². The number of amides is 1. The van der Waals surface area contributed by atoms with Crippen LogP contribution in [0.5, 0.6) is 0 Å². The first kappa shape index (κ1) is 15.5.